The van der Waals surface area contributed by atoms with E-state index in [1.165, 1.54) is 5.56 Å². The molecule has 0 aromatic heterocycles. The number of aryl methyl sites for hydroxylation is 1. The van der Waals surface area contributed by atoms with Crippen molar-refractivity contribution < 1.29 is 14.6 Å². The second-order valence-corrected chi connectivity index (χ2v) is 5.95. The lowest BCUT2D eigenvalue weighted by atomic mass is 10.1. The van der Waals surface area contributed by atoms with Gasteiger partial charge in [0.1, 0.15) is 5.75 Å². The standard InChI is InChI=1S/C21H29N3O3.HI/c1-4-22-21(23-14-6-7-16-8-11-18(25)12-9-16)24-17-10-13-19(26-3)20(15-17)27-5-2;/h8-13,15,25H,4-7,14H2,1-3H3,(H2,22,23,24);1H. The van der Waals surface area contributed by atoms with Crippen molar-refractivity contribution >= 4 is 35.6 Å². The fourth-order valence-electron chi connectivity index (χ4n) is 2.60. The number of ether oxygens (including phenoxy) is 2. The van der Waals surface area contributed by atoms with Crippen LogP contribution in [0.1, 0.15) is 25.8 Å². The predicted molar refractivity (Wildman–Crippen MR) is 126 cm³/mol. The van der Waals surface area contributed by atoms with Gasteiger partial charge < -0.3 is 25.2 Å². The molecule has 0 aliphatic carbocycles. The highest BCUT2D eigenvalue weighted by Gasteiger charge is 2.07. The SMILES string of the molecule is CCNC(=NCCCc1ccc(O)cc1)Nc1ccc(OC)c(OCC)c1.I. The van der Waals surface area contributed by atoms with Crippen LogP contribution in [-0.4, -0.2) is 37.9 Å². The maximum atomic E-state index is 9.33. The van der Waals surface area contributed by atoms with Crippen molar-refractivity contribution in [3.63, 3.8) is 0 Å². The quantitative estimate of drug-likeness (QED) is 0.206. The van der Waals surface area contributed by atoms with Crippen LogP contribution in [-0.2, 0) is 6.42 Å². The van der Waals surface area contributed by atoms with Crippen LogP contribution in [0.15, 0.2) is 47.5 Å². The van der Waals surface area contributed by atoms with E-state index in [1.807, 2.05) is 44.2 Å². The third-order valence-corrected chi connectivity index (χ3v) is 3.90. The van der Waals surface area contributed by atoms with Crippen LogP contribution in [0.2, 0.25) is 0 Å². The molecule has 0 bridgehead atoms. The highest BCUT2D eigenvalue weighted by atomic mass is 127. The smallest absolute Gasteiger partial charge is 0.195 e. The van der Waals surface area contributed by atoms with Gasteiger partial charge in [-0.25, -0.2) is 0 Å². The van der Waals surface area contributed by atoms with Gasteiger partial charge >= 0.3 is 0 Å². The van der Waals surface area contributed by atoms with E-state index in [9.17, 15) is 5.11 Å². The molecule has 0 unspecified atom stereocenters. The molecule has 2 rings (SSSR count). The number of hydrogen-bond acceptors (Lipinski definition) is 4. The second kappa shape index (κ2) is 13.1. The number of phenols is 1. The van der Waals surface area contributed by atoms with E-state index >= 15 is 0 Å². The van der Waals surface area contributed by atoms with Gasteiger partial charge in [0.15, 0.2) is 17.5 Å². The molecule has 0 fully saturated rings. The van der Waals surface area contributed by atoms with Crippen LogP contribution in [0.25, 0.3) is 0 Å². The number of methoxy groups -OCH3 is 1. The number of nitrogens with zero attached hydrogens (tertiary/aromatic N) is 1. The first-order valence-electron chi connectivity index (χ1n) is 9.30. The Bertz CT molecular complexity index is 736. The summed E-state index contributed by atoms with van der Waals surface area (Å²) < 4.78 is 10.9. The van der Waals surface area contributed by atoms with Gasteiger partial charge in [-0.05, 0) is 56.5 Å². The Kier molecular flexibility index (Phi) is 11.2. The summed E-state index contributed by atoms with van der Waals surface area (Å²) in [6.07, 6.45) is 1.84. The van der Waals surface area contributed by atoms with Gasteiger partial charge in [-0.15, -0.1) is 24.0 Å². The Labute approximate surface area is 184 Å². The fraction of sp³-hybridized carbons (Fsp3) is 0.381. The van der Waals surface area contributed by atoms with E-state index in [-0.39, 0.29) is 24.0 Å². The summed E-state index contributed by atoms with van der Waals surface area (Å²) in [5.41, 5.74) is 2.08. The highest BCUT2D eigenvalue weighted by Crippen LogP contribution is 2.30. The van der Waals surface area contributed by atoms with Crippen LogP contribution >= 0.6 is 24.0 Å². The Balaban J connectivity index is 0.00000392. The maximum Gasteiger partial charge on any atom is 0.195 e. The van der Waals surface area contributed by atoms with Crippen molar-refractivity contribution in [2.24, 2.45) is 4.99 Å². The summed E-state index contributed by atoms with van der Waals surface area (Å²) >= 11 is 0. The van der Waals surface area contributed by atoms with E-state index in [2.05, 4.69) is 15.6 Å². The molecule has 0 atom stereocenters. The van der Waals surface area contributed by atoms with Crippen LogP contribution in [0.3, 0.4) is 0 Å². The number of benzene rings is 2. The number of guanidine groups is 1. The number of nitrogens with one attached hydrogen (secondary N) is 2. The van der Waals surface area contributed by atoms with Gasteiger partial charge in [0, 0.05) is 24.8 Å². The van der Waals surface area contributed by atoms with Crippen LogP contribution in [0.4, 0.5) is 5.69 Å². The van der Waals surface area contributed by atoms with E-state index in [0.29, 0.717) is 30.4 Å². The lowest BCUT2D eigenvalue weighted by molar-refractivity contribution is 0.311. The Morgan fingerprint density at radius 2 is 1.82 bits per heavy atom. The van der Waals surface area contributed by atoms with Gasteiger partial charge in [-0.1, -0.05) is 12.1 Å². The fourth-order valence-corrected chi connectivity index (χ4v) is 2.60. The van der Waals surface area contributed by atoms with Crippen molar-refractivity contribution in [1.29, 1.82) is 0 Å². The first kappa shape index (κ1) is 23.9. The molecule has 154 valence electrons. The molecule has 7 heteroatoms. The number of halogens is 1. The molecule has 2 aromatic carbocycles. The van der Waals surface area contributed by atoms with Crippen molar-refractivity contribution in [2.75, 3.05) is 32.1 Å². The summed E-state index contributed by atoms with van der Waals surface area (Å²) in [5, 5.41) is 15.9. The molecule has 2 aromatic rings. The lowest BCUT2D eigenvalue weighted by Crippen LogP contribution is -2.30. The normalized spacial score (nSPS) is 10.8. The van der Waals surface area contributed by atoms with E-state index < -0.39 is 0 Å². The molecule has 0 saturated heterocycles. The van der Waals surface area contributed by atoms with Crippen molar-refractivity contribution in [3.05, 3.63) is 48.0 Å². The van der Waals surface area contributed by atoms with Gasteiger partial charge in [0.25, 0.3) is 0 Å². The summed E-state index contributed by atoms with van der Waals surface area (Å²) in [6.45, 7) is 6.03. The molecule has 0 aliphatic heterocycles. The minimum Gasteiger partial charge on any atom is -0.508 e. The number of anilines is 1. The third kappa shape index (κ3) is 7.84. The molecule has 0 amide bonds. The third-order valence-electron chi connectivity index (χ3n) is 3.90. The number of phenolic OH excluding ortho intramolecular Hbond substituents is 1. The molecule has 0 radical (unpaired) electrons. The summed E-state index contributed by atoms with van der Waals surface area (Å²) in [5.74, 6) is 2.43. The van der Waals surface area contributed by atoms with Crippen LogP contribution < -0.4 is 20.1 Å². The van der Waals surface area contributed by atoms with Crippen molar-refractivity contribution in [3.8, 4) is 17.2 Å². The van der Waals surface area contributed by atoms with Gasteiger partial charge in [-0.3, -0.25) is 4.99 Å². The minimum absolute atomic E-state index is 0. The first-order chi connectivity index (χ1) is 13.2. The van der Waals surface area contributed by atoms with Gasteiger partial charge in [0.05, 0.1) is 13.7 Å². The molecule has 3 N–H and O–H groups in total. The number of rotatable bonds is 9. The summed E-state index contributed by atoms with van der Waals surface area (Å²) in [4.78, 5) is 4.63. The summed E-state index contributed by atoms with van der Waals surface area (Å²) in [6, 6.07) is 13.0. The van der Waals surface area contributed by atoms with E-state index in [0.717, 1.165) is 31.0 Å². The Hall–Kier alpha value is -2.16. The predicted octanol–water partition coefficient (Wildman–Crippen LogP) is 4.43. The largest absolute Gasteiger partial charge is 0.508 e. The zero-order chi connectivity index (χ0) is 19.5. The minimum atomic E-state index is 0. The van der Waals surface area contributed by atoms with Crippen molar-refractivity contribution in [2.45, 2.75) is 26.7 Å². The monoisotopic (exact) mass is 499 g/mol. The highest BCUT2D eigenvalue weighted by molar-refractivity contribution is 14.0. The van der Waals surface area contributed by atoms with E-state index in [4.69, 9.17) is 9.47 Å². The lowest BCUT2D eigenvalue weighted by Gasteiger charge is -2.14. The number of aromatic hydroxyl groups is 1. The summed E-state index contributed by atoms with van der Waals surface area (Å²) in [7, 11) is 1.63. The maximum absolute atomic E-state index is 9.33. The van der Waals surface area contributed by atoms with Crippen LogP contribution in [0, 0.1) is 0 Å². The molecule has 0 aliphatic rings. The first-order valence-corrected chi connectivity index (χ1v) is 9.30. The zero-order valence-corrected chi connectivity index (χ0v) is 19.0. The van der Waals surface area contributed by atoms with Crippen molar-refractivity contribution in [1.82, 2.24) is 5.32 Å². The molecule has 0 spiro atoms. The average molecular weight is 499 g/mol. The number of aliphatic imine (C=N–C) groups is 1. The van der Waals surface area contributed by atoms with Gasteiger partial charge in [0.2, 0.25) is 0 Å². The number of hydrogen-bond donors (Lipinski definition) is 3. The molecular formula is C21H30IN3O3. The molecule has 0 saturated carbocycles. The Morgan fingerprint density at radius 3 is 2.46 bits per heavy atom. The topological polar surface area (TPSA) is 75.1 Å². The second-order valence-electron chi connectivity index (χ2n) is 5.95. The van der Waals surface area contributed by atoms with E-state index in [1.54, 1.807) is 19.2 Å². The van der Waals surface area contributed by atoms with Gasteiger partial charge in [-0.2, -0.15) is 0 Å². The molecule has 6 nitrogen and oxygen atoms in total. The average Bonchev–Trinajstić information content (AvgIpc) is 2.67. The zero-order valence-electron chi connectivity index (χ0n) is 16.7. The Morgan fingerprint density at radius 1 is 1.07 bits per heavy atom. The van der Waals surface area contributed by atoms with Crippen LogP contribution in [0.5, 0.6) is 17.2 Å². The molecule has 0 heterocycles. The molecular weight excluding hydrogens is 469 g/mol. The molecule has 28 heavy (non-hydrogen) atoms.